The zero-order valence-electron chi connectivity index (χ0n) is 19.6. The highest BCUT2D eigenvalue weighted by atomic mass is 32.2. The van der Waals surface area contributed by atoms with Gasteiger partial charge in [0.05, 0.1) is 5.75 Å². The largest absolute Gasteiger partial charge is 0.322 e. The van der Waals surface area contributed by atoms with Crippen LogP contribution in [0, 0.1) is 0 Å². The Morgan fingerprint density at radius 2 is 1.67 bits per heavy atom. The molecule has 3 aromatic carbocycles. The van der Waals surface area contributed by atoms with Crippen LogP contribution in [0.25, 0.3) is 0 Å². The maximum Gasteiger partial charge on any atom is 0.255 e. The summed E-state index contributed by atoms with van der Waals surface area (Å²) in [6.07, 6.45) is 0.874. The average Bonchev–Trinajstić information content (AvgIpc) is 3.20. The zero-order chi connectivity index (χ0) is 23.6. The smallest absolute Gasteiger partial charge is 0.255 e. The first-order valence-electron chi connectivity index (χ1n) is 11.3. The first-order chi connectivity index (χ1) is 15.8. The third kappa shape index (κ3) is 4.98. The lowest BCUT2D eigenvalue weighted by Gasteiger charge is -2.26. The molecule has 3 aromatic rings. The average molecular weight is 459 g/mol. The van der Waals surface area contributed by atoms with Crippen molar-refractivity contribution in [3.63, 3.8) is 0 Å². The van der Waals surface area contributed by atoms with Crippen molar-refractivity contribution in [1.82, 2.24) is 0 Å². The molecule has 1 fully saturated rings. The summed E-state index contributed by atoms with van der Waals surface area (Å²) >= 11 is 1.63. The van der Waals surface area contributed by atoms with Gasteiger partial charge in [-0.3, -0.25) is 14.5 Å². The number of aryl methyl sites for hydroxylation is 1. The molecule has 1 heterocycles. The van der Waals surface area contributed by atoms with E-state index in [0.29, 0.717) is 11.3 Å². The molecule has 0 unspecified atom stereocenters. The maximum absolute atomic E-state index is 12.7. The summed E-state index contributed by atoms with van der Waals surface area (Å²) in [7, 11) is 0. The van der Waals surface area contributed by atoms with Crippen LogP contribution in [0.15, 0.2) is 72.8 Å². The number of thioether (sulfide) groups is 1. The Bertz CT molecular complexity index is 1150. The number of hydrogen-bond donors (Lipinski definition) is 1. The summed E-state index contributed by atoms with van der Waals surface area (Å²) in [5.41, 5.74) is 5.81. The van der Waals surface area contributed by atoms with E-state index >= 15 is 0 Å². The Balaban J connectivity index is 1.50. The summed E-state index contributed by atoms with van der Waals surface area (Å²) in [4.78, 5) is 27.3. The van der Waals surface area contributed by atoms with Gasteiger partial charge in [0.15, 0.2) is 0 Å². The van der Waals surface area contributed by atoms with Crippen LogP contribution in [0.4, 0.5) is 11.4 Å². The Kier molecular flexibility index (Phi) is 6.61. The molecule has 0 bridgehead atoms. The highest BCUT2D eigenvalue weighted by molar-refractivity contribution is 8.00. The minimum Gasteiger partial charge on any atom is -0.322 e. The second-order valence-corrected chi connectivity index (χ2v) is 10.4. The van der Waals surface area contributed by atoms with Gasteiger partial charge in [-0.05, 0) is 58.9 Å². The predicted octanol–water partition coefficient (Wildman–Crippen LogP) is 6.58. The molecule has 2 amide bonds. The van der Waals surface area contributed by atoms with Crippen molar-refractivity contribution < 1.29 is 9.59 Å². The number of carbonyl (C=O) groups excluding carboxylic acids is 2. The third-order valence-corrected chi connectivity index (χ3v) is 7.18. The van der Waals surface area contributed by atoms with E-state index in [1.165, 1.54) is 11.1 Å². The number of benzene rings is 3. The topological polar surface area (TPSA) is 49.4 Å². The summed E-state index contributed by atoms with van der Waals surface area (Å²) in [5, 5.41) is 2.91. The van der Waals surface area contributed by atoms with Crippen LogP contribution < -0.4 is 10.2 Å². The van der Waals surface area contributed by atoms with Crippen molar-refractivity contribution in [2.24, 2.45) is 0 Å². The monoisotopic (exact) mass is 458 g/mol. The number of amides is 2. The highest BCUT2D eigenvalue weighted by Crippen LogP contribution is 2.43. The quantitative estimate of drug-likeness (QED) is 0.470. The van der Waals surface area contributed by atoms with Gasteiger partial charge >= 0.3 is 0 Å². The van der Waals surface area contributed by atoms with Gasteiger partial charge in [-0.15, -0.1) is 11.8 Å². The fraction of sp³-hybridized carbons (Fsp3) is 0.286. The molecule has 0 aliphatic carbocycles. The molecule has 170 valence electrons. The molecule has 4 rings (SSSR count). The van der Waals surface area contributed by atoms with E-state index in [2.05, 4.69) is 39.1 Å². The molecule has 1 aliphatic rings. The van der Waals surface area contributed by atoms with E-state index in [4.69, 9.17) is 0 Å². The molecular weight excluding hydrogens is 428 g/mol. The molecule has 0 saturated carbocycles. The molecule has 1 saturated heterocycles. The first kappa shape index (κ1) is 23.1. The van der Waals surface area contributed by atoms with E-state index in [0.717, 1.165) is 23.4 Å². The fourth-order valence-electron chi connectivity index (χ4n) is 4.03. The Morgan fingerprint density at radius 3 is 2.30 bits per heavy atom. The van der Waals surface area contributed by atoms with E-state index in [-0.39, 0.29) is 22.6 Å². The molecule has 0 aromatic heterocycles. The zero-order valence-corrected chi connectivity index (χ0v) is 20.4. The van der Waals surface area contributed by atoms with Crippen molar-refractivity contribution in [3.05, 3.63) is 95.1 Å². The van der Waals surface area contributed by atoms with Crippen molar-refractivity contribution in [2.75, 3.05) is 16.0 Å². The lowest BCUT2D eigenvalue weighted by atomic mass is 9.87. The lowest BCUT2D eigenvalue weighted by Crippen LogP contribution is -2.28. The fourth-order valence-corrected chi connectivity index (χ4v) is 5.20. The summed E-state index contributed by atoms with van der Waals surface area (Å²) in [6.45, 7) is 8.57. The molecule has 5 heteroatoms. The number of hydrogen-bond acceptors (Lipinski definition) is 3. The van der Waals surface area contributed by atoms with Crippen LogP contribution in [0.3, 0.4) is 0 Å². The van der Waals surface area contributed by atoms with Gasteiger partial charge in [-0.25, -0.2) is 0 Å². The van der Waals surface area contributed by atoms with Crippen molar-refractivity contribution >= 4 is 35.0 Å². The highest BCUT2D eigenvalue weighted by Gasteiger charge is 2.34. The van der Waals surface area contributed by atoms with Gasteiger partial charge in [0, 0.05) is 16.9 Å². The second-order valence-electron chi connectivity index (χ2n) is 9.31. The van der Waals surface area contributed by atoms with E-state index in [1.807, 2.05) is 71.6 Å². The molecule has 33 heavy (non-hydrogen) atoms. The molecule has 0 spiro atoms. The lowest BCUT2D eigenvalue weighted by molar-refractivity contribution is -0.115. The van der Waals surface area contributed by atoms with Gasteiger partial charge in [0.25, 0.3) is 5.91 Å². The summed E-state index contributed by atoms with van der Waals surface area (Å²) in [5.74, 6) is 0.459. The molecule has 1 atom stereocenters. The number of nitrogens with zero attached hydrogens (tertiary/aromatic N) is 1. The number of carbonyl (C=O) groups is 2. The number of para-hydroxylation sites is 1. The maximum atomic E-state index is 12.7. The summed E-state index contributed by atoms with van der Waals surface area (Å²) in [6, 6.07) is 23.7. The number of rotatable bonds is 5. The molecule has 0 radical (unpaired) electrons. The number of nitrogens with one attached hydrogen (secondary N) is 1. The van der Waals surface area contributed by atoms with Crippen LogP contribution in [0.2, 0.25) is 0 Å². The van der Waals surface area contributed by atoms with Crippen molar-refractivity contribution in [2.45, 2.75) is 44.9 Å². The van der Waals surface area contributed by atoms with Crippen LogP contribution in [-0.2, 0) is 16.6 Å². The molecule has 1 N–H and O–H groups in total. The van der Waals surface area contributed by atoms with Gasteiger partial charge in [-0.2, -0.15) is 0 Å². The SMILES string of the molecule is CCc1ccccc1N1C(=O)CS[C@@H]1c1ccc(NC(=O)c2ccc(C(C)(C)C)cc2)cc1. The number of anilines is 2. The molecular formula is C28H30N2O2S. The minimum absolute atomic E-state index is 0.0516. The Labute approximate surface area is 200 Å². The van der Waals surface area contributed by atoms with Gasteiger partial charge in [-0.1, -0.05) is 70.2 Å². The van der Waals surface area contributed by atoms with E-state index < -0.39 is 0 Å². The van der Waals surface area contributed by atoms with Crippen LogP contribution in [0.5, 0.6) is 0 Å². The summed E-state index contributed by atoms with van der Waals surface area (Å²) < 4.78 is 0. The molecule has 4 nitrogen and oxygen atoms in total. The van der Waals surface area contributed by atoms with Crippen molar-refractivity contribution in [1.29, 1.82) is 0 Å². The van der Waals surface area contributed by atoms with Crippen LogP contribution >= 0.6 is 11.8 Å². The second kappa shape index (κ2) is 9.44. The standard InChI is InChI=1S/C28H30N2O2S/c1-5-19-8-6-7-9-24(19)30-25(31)18-33-27(30)21-12-16-23(17-13-21)29-26(32)20-10-14-22(15-11-20)28(2,3)4/h6-17,27H,5,18H2,1-4H3,(H,29,32)/t27-/m1/s1. The van der Waals surface area contributed by atoms with Gasteiger partial charge < -0.3 is 5.32 Å². The molecule has 1 aliphatic heterocycles. The first-order valence-corrected chi connectivity index (χ1v) is 12.4. The van der Waals surface area contributed by atoms with E-state index in [9.17, 15) is 9.59 Å². The Morgan fingerprint density at radius 1 is 1.00 bits per heavy atom. The van der Waals surface area contributed by atoms with Crippen LogP contribution in [-0.4, -0.2) is 17.6 Å². The van der Waals surface area contributed by atoms with Gasteiger partial charge in [0.1, 0.15) is 5.37 Å². The van der Waals surface area contributed by atoms with Gasteiger partial charge in [0.2, 0.25) is 5.91 Å². The van der Waals surface area contributed by atoms with E-state index in [1.54, 1.807) is 11.8 Å². The predicted molar refractivity (Wildman–Crippen MR) is 138 cm³/mol. The van der Waals surface area contributed by atoms with Crippen LogP contribution in [0.1, 0.15) is 60.1 Å². The minimum atomic E-state index is -0.132. The normalized spacial score (nSPS) is 16.2. The third-order valence-electron chi connectivity index (χ3n) is 5.97. The Hall–Kier alpha value is -3.05. The van der Waals surface area contributed by atoms with Crippen molar-refractivity contribution in [3.8, 4) is 0 Å².